The van der Waals surface area contributed by atoms with Gasteiger partial charge in [-0.15, -0.1) is 0 Å². The van der Waals surface area contributed by atoms with Crippen LogP contribution >= 0.6 is 0 Å². The Morgan fingerprint density at radius 2 is 1.60 bits per heavy atom. The Morgan fingerprint density at radius 1 is 1.03 bits per heavy atom. The maximum atomic E-state index is 12.4. The van der Waals surface area contributed by atoms with Gasteiger partial charge in [0, 0.05) is 6.42 Å². The predicted octanol–water partition coefficient (Wildman–Crippen LogP) is 5.24. The van der Waals surface area contributed by atoms with Gasteiger partial charge in [0.2, 0.25) is 0 Å². The number of rotatable bonds is 5. The molecule has 0 spiro atoms. The van der Waals surface area contributed by atoms with Crippen molar-refractivity contribution in [3.05, 3.63) is 29.8 Å². The second-order valence-corrected chi connectivity index (χ2v) is 11.1. The van der Waals surface area contributed by atoms with Crippen LogP contribution in [0, 0.1) is 5.41 Å². The lowest BCUT2D eigenvalue weighted by Crippen LogP contribution is -2.43. The molecular weight excluding hydrogens is 382 g/mol. The van der Waals surface area contributed by atoms with Gasteiger partial charge in [0.1, 0.15) is 23.5 Å². The molecule has 0 aliphatic carbocycles. The van der Waals surface area contributed by atoms with Gasteiger partial charge in [0.25, 0.3) is 0 Å². The largest absolute Gasteiger partial charge is 0.488 e. The van der Waals surface area contributed by atoms with Gasteiger partial charge >= 0.3 is 12.1 Å². The predicted molar refractivity (Wildman–Crippen MR) is 117 cm³/mol. The van der Waals surface area contributed by atoms with Crippen LogP contribution in [0.3, 0.4) is 0 Å². The monoisotopic (exact) mass is 419 g/mol. The third-order valence-corrected chi connectivity index (χ3v) is 5.09. The maximum absolute atomic E-state index is 12.4. The zero-order chi connectivity index (χ0) is 22.9. The molecule has 1 aliphatic rings. The highest BCUT2D eigenvalue weighted by atomic mass is 16.6. The van der Waals surface area contributed by atoms with Crippen LogP contribution in [0.15, 0.2) is 24.3 Å². The fraction of sp³-hybridized carbons (Fsp3) is 0.667. The molecule has 0 saturated carbocycles. The Bertz CT molecular complexity index is 755. The third-order valence-electron chi connectivity index (χ3n) is 5.09. The number of aliphatic carboxylic acids is 1. The summed E-state index contributed by atoms with van der Waals surface area (Å²) in [5.74, 6) is -0.378. The van der Waals surface area contributed by atoms with E-state index in [0.29, 0.717) is 5.75 Å². The number of carboxylic acid groups (broad SMARTS) is 1. The summed E-state index contributed by atoms with van der Waals surface area (Å²) in [5, 5.41) is 9.53. The van der Waals surface area contributed by atoms with Gasteiger partial charge in [-0.05, 0) is 55.7 Å². The van der Waals surface area contributed by atoms with Crippen molar-refractivity contribution in [3.8, 4) is 5.75 Å². The molecule has 1 aromatic carbocycles. The Labute approximate surface area is 180 Å². The molecule has 1 N–H and O–H groups in total. The van der Waals surface area contributed by atoms with Crippen LogP contribution < -0.4 is 4.74 Å². The first kappa shape index (κ1) is 24.0. The van der Waals surface area contributed by atoms with Gasteiger partial charge in [0.15, 0.2) is 0 Å². The first-order chi connectivity index (χ1) is 13.6. The Kier molecular flexibility index (Phi) is 6.79. The van der Waals surface area contributed by atoms with Gasteiger partial charge in [-0.25, -0.2) is 9.59 Å². The molecule has 1 amide bonds. The third kappa shape index (κ3) is 6.64. The van der Waals surface area contributed by atoms with E-state index in [0.717, 1.165) is 6.42 Å². The SMILES string of the molecule is CC(C)(C)CC(C)(C)c1ccc(O[C@@H]2C[C@H](C(=O)O)N(C(=O)OC(C)(C)C)C2)cc1. The minimum absolute atomic E-state index is 0.0338. The summed E-state index contributed by atoms with van der Waals surface area (Å²) >= 11 is 0. The van der Waals surface area contributed by atoms with Crippen LogP contribution in [0.1, 0.15) is 73.8 Å². The number of ether oxygens (including phenoxy) is 2. The molecule has 1 aromatic rings. The molecule has 6 heteroatoms. The number of likely N-dealkylation sites (tertiary alicyclic amines) is 1. The molecule has 0 unspecified atom stereocenters. The summed E-state index contributed by atoms with van der Waals surface area (Å²) in [5.41, 5.74) is 0.801. The standard InChI is InChI=1S/C24H37NO5/c1-22(2,3)15-24(7,8)16-9-11-17(12-10-16)29-18-13-19(20(26)27)25(14-18)21(28)30-23(4,5)6/h9-12,18-19H,13-15H2,1-8H3,(H,26,27)/t18-,19-/m1/s1. The van der Waals surface area contributed by atoms with E-state index in [9.17, 15) is 14.7 Å². The highest BCUT2D eigenvalue weighted by Gasteiger charge is 2.42. The van der Waals surface area contributed by atoms with Gasteiger partial charge in [0.05, 0.1) is 6.54 Å². The topological polar surface area (TPSA) is 76.1 Å². The molecule has 1 aliphatic heterocycles. The average Bonchev–Trinajstić information content (AvgIpc) is 2.96. The van der Waals surface area contributed by atoms with Crippen LogP contribution in [0.4, 0.5) is 4.79 Å². The number of hydrogen-bond acceptors (Lipinski definition) is 4. The van der Waals surface area contributed by atoms with E-state index in [1.807, 2.05) is 12.1 Å². The van der Waals surface area contributed by atoms with Crippen molar-refractivity contribution < 1.29 is 24.2 Å². The summed E-state index contributed by atoms with van der Waals surface area (Å²) in [6.45, 7) is 16.6. The molecule has 1 saturated heterocycles. The van der Waals surface area contributed by atoms with Crippen LogP contribution in [-0.4, -0.2) is 46.4 Å². The molecule has 0 aromatic heterocycles. The molecule has 0 bridgehead atoms. The van der Waals surface area contributed by atoms with Crippen molar-refractivity contribution in [2.45, 2.75) is 91.4 Å². The molecule has 1 heterocycles. The van der Waals surface area contributed by atoms with Crippen LogP contribution in [0.2, 0.25) is 0 Å². The van der Waals surface area contributed by atoms with Crippen LogP contribution in [0.5, 0.6) is 5.75 Å². The number of amides is 1. The smallest absolute Gasteiger partial charge is 0.411 e. The zero-order valence-electron chi connectivity index (χ0n) is 19.6. The number of hydrogen-bond donors (Lipinski definition) is 1. The second kappa shape index (κ2) is 8.48. The summed E-state index contributed by atoms with van der Waals surface area (Å²) in [4.78, 5) is 25.3. The van der Waals surface area contributed by atoms with Crippen molar-refractivity contribution in [2.24, 2.45) is 5.41 Å². The number of benzene rings is 1. The first-order valence-corrected chi connectivity index (χ1v) is 10.6. The lowest BCUT2D eigenvalue weighted by Gasteiger charge is -2.33. The van der Waals surface area contributed by atoms with Crippen LogP contribution in [-0.2, 0) is 14.9 Å². The number of nitrogens with zero attached hydrogens (tertiary/aromatic N) is 1. The molecule has 0 radical (unpaired) electrons. The maximum Gasteiger partial charge on any atom is 0.411 e. The normalized spacial score (nSPS) is 20.2. The fourth-order valence-electron chi connectivity index (χ4n) is 4.24. The lowest BCUT2D eigenvalue weighted by atomic mass is 9.72. The van der Waals surface area contributed by atoms with Gasteiger partial charge in [-0.3, -0.25) is 4.90 Å². The van der Waals surface area contributed by atoms with Gasteiger partial charge in [-0.1, -0.05) is 46.8 Å². The van der Waals surface area contributed by atoms with E-state index in [4.69, 9.17) is 9.47 Å². The van der Waals surface area contributed by atoms with E-state index in [-0.39, 0.29) is 23.8 Å². The Hall–Kier alpha value is -2.24. The van der Waals surface area contributed by atoms with E-state index in [2.05, 4.69) is 46.8 Å². The Balaban J connectivity index is 2.08. The Morgan fingerprint density at radius 3 is 2.07 bits per heavy atom. The van der Waals surface area contributed by atoms with E-state index >= 15 is 0 Å². The molecule has 1 fully saturated rings. The van der Waals surface area contributed by atoms with Crippen molar-refractivity contribution >= 4 is 12.1 Å². The highest BCUT2D eigenvalue weighted by Crippen LogP contribution is 2.37. The quantitative estimate of drug-likeness (QED) is 0.706. The van der Waals surface area contributed by atoms with Crippen molar-refractivity contribution in [1.82, 2.24) is 4.90 Å². The van der Waals surface area contributed by atoms with E-state index < -0.39 is 29.8 Å². The van der Waals surface area contributed by atoms with Crippen molar-refractivity contribution in [2.75, 3.05) is 6.54 Å². The van der Waals surface area contributed by atoms with Crippen molar-refractivity contribution in [1.29, 1.82) is 0 Å². The lowest BCUT2D eigenvalue weighted by molar-refractivity contribution is -0.142. The molecule has 6 nitrogen and oxygen atoms in total. The molecule has 2 atom stereocenters. The highest BCUT2D eigenvalue weighted by molar-refractivity contribution is 5.81. The zero-order valence-corrected chi connectivity index (χ0v) is 19.6. The molecule has 168 valence electrons. The number of carbonyl (C=O) groups is 2. The van der Waals surface area contributed by atoms with Gasteiger partial charge in [-0.2, -0.15) is 0 Å². The second-order valence-electron chi connectivity index (χ2n) is 11.1. The summed E-state index contributed by atoms with van der Waals surface area (Å²) in [6, 6.07) is 7.03. The molecule has 30 heavy (non-hydrogen) atoms. The number of carboxylic acids is 1. The summed E-state index contributed by atoms with van der Waals surface area (Å²) in [7, 11) is 0. The molecular formula is C24H37NO5. The van der Waals surface area contributed by atoms with Gasteiger partial charge < -0.3 is 14.6 Å². The van der Waals surface area contributed by atoms with E-state index in [1.165, 1.54) is 10.5 Å². The van der Waals surface area contributed by atoms with E-state index in [1.54, 1.807) is 20.8 Å². The average molecular weight is 420 g/mol. The minimum Gasteiger partial charge on any atom is -0.488 e. The summed E-state index contributed by atoms with van der Waals surface area (Å²) in [6.07, 6.45) is 0.257. The fourth-order valence-corrected chi connectivity index (χ4v) is 4.24. The van der Waals surface area contributed by atoms with Crippen molar-refractivity contribution in [3.63, 3.8) is 0 Å². The number of carbonyl (C=O) groups excluding carboxylic acids is 1. The first-order valence-electron chi connectivity index (χ1n) is 10.6. The summed E-state index contributed by atoms with van der Waals surface area (Å²) < 4.78 is 11.4. The van der Waals surface area contributed by atoms with Crippen LogP contribution in [0.25, 0.3) is 0 Å². The molecule has 2 rings (SSSR count). The minimum atomic E-state index is -1.05.